The van der Waals surface area contributed by atoms with Crippen molar-refractivity contribution >= 4 is 11.8 Å². The van der Waals surface area contributed by atoms with E-state index in [4.69, 9.17) is 4.74 Å². The van der Waals surface area contributed by atoms with Crippen LogP contribution in [0.2, 0.25) is 0 Å². The quantitative estimate of drug-likeness (QED) is 0.425. The summed E-state index contributed by atoms with van der Waals surface area (Å²) >= 11 is 1.66. The predicted molar refractivity (Wildman–Crippen MR) is 82.3 cm³/mol. The molecule has 20 heavy (non-hydrogen) atoms. The fourth-order valence-corrected chi connectivity index (χ4v) is 2.59. The molecule has 0 aliphatic rings. The van der Waals surface area contributed by atoms with E-state index in [-0.39, 0.29) is 0 Å². The molecule has 0 aliphatic heterocycles. The SMILES string of the molecule is C=CCn1c(CC)nnc1SCCOc1ccccc1. The van der Waals surface area contributed by atoms with Crippen LogP contribution in [0.4, 0.5) is 0 Å². The third-order valence-electron chi connectivity index (χ3n) is 2.75. The predicted octanol–water partition coefficient (Wildman–Crippen LogP) is 3.20. The molecule has 0 unspecified atom stereocenters. The molecule has 5 heteroatoms. The van der Waals surface area contributed by atoms with Crippen molar-refractivity contribution in [2.75, 3.05) is 12.4 Å². The molecule has 0 bridgehead atoms. The van der Waals surface area contributed by atoms with E-state index in [1.807, 2.05) is 36.4 Å². The molecule has 1 aromatic carbocycles. The van der Waals surface area contributed by atoms with Crippen molar-refractivity contribution in [2.45, 2.75) is 25.0 Å². The molecule has 0 aliphatic carbocycles. The van der Waals surface area contributed by atoms with Gasteiger partial charge in [-0.2, -0.15) is 0 Å². The average molecular weight is 289 g/mol. The summed E-state index contributed by atoms with van der Waals surface area (Å²) in [4.78, 5) is 0. The maximum atomic E-state index is 5.66. The van der Waals surface area contributed by atoms with Crippen molar-refractivity contribution in [2.24, 2.45) is 0 Å². The summed E-state index contributed by atoms with van der Waals surface area (Å²) in [5, 5.41) is 9.35. The Labute approximate surface area is 123 Å². The second-order valence-corrected chi connectivity index (χ2v) is 5.22. The number of thioether (sulfide) groups is 1. The molecular weight excluding hydrogens is 270 g/mol. The second-order valence-electron chi connectivity index (χ2n) is 4.16. The molecule has 1 heterocycles. The van der Waals surface area contributed by atoms with Gasteiger partial charge in [-0.15, -0.1) is 16.8 Å². The van der Waals surface area contributed by atoms with Crippen LogP contribution in [0.25, 0.3) is 0 Å². The van der Waals surface area contributed by atoms with Crippen molar-refractivity contribution in [3.8, 4) is 5.75 Å². The van der Waals surface area contributed by atoms with E-state index in [0.29, 0.717) is 6.61 Å². The number of aromatic nitrogens is 3. The van der Waals surface area contributed by atoms with Gasteiger partial charge in [0.1, 0.15) is 11.6 Å². The molecular formula is C15H19N3OS. The Morgan fingerprint density at radius 1 is 1.30 bits per heavy atom. The van der Waals surface area contributed by atoms with Crippen LogP contribution in [0.15, 0.2) is 48.1 Å². The number of benzene rings is 1. The Morgan fingerprint density at radius 3 is 2.80 bits per heavy atom. The van der Waals surface area contributed by atoms with E-state index in [1.165, 1.54) is 0 Å². The molecule has 0 saturated heterocycles. The second kappa shape index (κ2) is 7.75. The molecule has 0 atom stereocenters. The number of nitrogens with zero attached hydrogens (tertiary/aromatic N) is 3. The zero-order chi connectivity index (χ0) is 14.2. The van der Waals surface area contributed by atoms with Gasteiger partial charge in [0.2, 0.25) is 0 Å². The van der Waals surface area contributed by atoms with Gasteiger partial charge in [0.15, 0.2) is 5.16 Å². The third-order valence-corrected chi connectivity index (χ3v) is 3.68. The van der Waals surface area contributed by atoms with Gasteiger partial charge in [0.25, 0.3) is 0 Å². The standard InChI is InChI=1S/C15H19N3OS/c1-3-10-18-14(4-2)16-17-15(18)20-12-11-19-13-8-6-5-7-9-13/h3,5-9H,1,4,10-12H2,2H3. The van der Waals surface area contributed by atoms with Crippen molar-refractivity contribution in [3.05, 3.63) is 48.8 Å². The first-order valence-electron chi connectivity index (χ1n) is 6.68. The maximum Gasteiger partial charge on any atom is 0.191 e. The fourth-order valence-electron chi connectivity index (χ4n) is 1.81. The smallest absolute Gasteiger partial charge is 0.191 e. The highest BCUT2D eigenvalue weighted by Crippen LogP contribution is 2.18. The molecule has 0 fully saturated rings. The van der Waals surface area contributed by atoms with Gasteiger partial charge < -0.3 is 9.30 Å². The summed E-state index contributed by atoms with van der Waals surface area (Å²) in [5.41, 5.74) is 0. The van der Waals surface area contributed by atoms with Gasteiger partial charge in [-0.25, -0.2) is 0 Å². The molecule has 0 N–H and O–H groups in total. The highest BCUT2D eigenvalue weighted by Gasteiger charge is 2.09. The molecule has 0 spiro atoms. The summed E-state index contributed by atoms with van der Waals surface area (Å²) in [5.74, 6) is 2.74. The van der Waals surface area contributed by atoms with Crippen LogP contribution in [-0.4, -0.2) is 27.1 Å². The Bertz CT molecular complexity index is 539. The minimum Gasteiger partial charge on any atom is -0.493 e. The maximum absolute atomic E-state index is 5.66. The highest BCUT2D eigenvalue weighted by atomic mass is 32.2. The third kappa shape index (κ3) is 3.87. The van der Waals surface area contributed by atoms with Crippen molar-refractivity contribution in [1.82, 2.24) is 14.8 Å². The van der Waals surface area contributed by atoms with E-state index in [1.54, 1.807) is 11.8 Å². The number of para-hydroxylation sites is 1. The normalized spacial score (nSPS) is 10.4. The van der Waals surface area contributed by atoms with Crippen molar-refractivity contribution < 1.29 is 4.74 Å². The lowest BCUT2D eigenvalue weighted by Crippen LogP contribution is -2.05. The zero-order valence-electron chi connectivity index (χ0n) is 11.7. The number of ether oxygens (including phenoxy) is 1. The zero-order valence-corrected chi connectivity index (χ0v) is 12.5. The number of rotatable bonds is 8. The molecule has 106 valence electrons. The Balaban J connectivity index is 1.85. The first-order chi connectivity index (χ1) is 9.85. The number of hydrogen-bond acceptors (Lipinski definition) is 4. The van der Waals surface area contributed by atoms with Crippen LogP contribution in [0.3, 0.4) is 0 Å². The minimum absolute atomic E-state index is 0.650. The number of aryl methyl sites for hydroxylation is 1. The Hall–Kier alpha value is -1.75. The highest BCUT2D eigenvalue weighted by molar-refractivity contribution is 7.99. The topological polar surface area (TPSA) is 39.9 Å². The largest absolute Gasteiger partial charge is 0.493 e. The molecule has 0 amide bonds. The minimum atomic E-state index is 0.650. The lowest BCUT2D eigenvalue weighted by Gasteiger charge is -2.07. The Morgan fingerprint density at radius 2 is 2.10 bits per heavy atom. The molecule has 4 nitrogen and oxygen atoms in total. The summed E-state index contributed by atoms with van der Waals surface area (Å²) in [6.45, 7) is 7.26. The fraction of sp³-hybridized carbons (Fsp3) is 0.333. The molecule has 1 aromatic heterocycles. The molecule has 2 aromatic rings. The Kier molecular flexibility index (Phi) is 5.68. The van der Waals surface area contributed by atoms with E-state index >= 15 is 0 Å². The van der Waals surface area contributed by atoms with Crippen LogP contribution in [0.1, 0.15) is 12.7 Å². The average Bonchev–Trinajstić information content (AvgIpc) is 2.87. The van der Waals surface area contributed by atoms with Gasteiger partial charge in [0, 0.05) is 18.7 Å². The van der Waals surface area contributed by atoms with Crippen LogP contribution in [-0.2, 0) is 13.0 Å². The van der Waals surface area contributed by atoms with Crippen LogP contribution in [0.5, 0.6) is 5.75 Å². The monoisotopic (exact) mass is 289 g/mol. The van der Waals surface area contributed by atoms with E-state index in [9.17, 15) is 0 Å². The summed E-state index contributed by atoms with van der Waals surface area (Å²) in [6.07, 6.45) is 2.75. The van der Waals surface area contributed by atoms with Crippen molar-refractivity contribution in [1.29, 1.82) is 0 Å². The first kappa shape index (κ1) is 14.7. The lowest BCUT2D eigenvalue weighted by atomic mass is 10.3. The summed E-state index contributed by atoms with van der Waals surface area (Å²) in [6, 6.07) is 9.83. The first-order valence-corrected chi connectivity index (χ1v) is 7.67. The summed E-state index contributed by atoms with van der Waals surface area (Å²) < 4.78 is 7.76. The van der Waals surface area contributed by atoms with Gasteiger partial charge >= 0.3 is 0 Å². The van der Waals surface area contributed by atoms with Gasteiger partial charge in [-0.05, 0) is 12.1 Å². The van der Waals surface area contributed by atoms with Gasteiger partial charge in [-0.1, -0.05) is 43.0 Å². The van der Waals surface area contributed by atoms with E-state index in [0.717, 1.165) is 35.4 Å². The summed E-state index contributed by atoms with van der Waals surface area (Å²) in [7, 11) is 0. The van der Waals surface area contributed by atoms with E-state index in [2.05, 4.69) is 28.3 Å². The van der Waals surface area contributed by atoms with Crippen LogP contribution >= 0.6 is 11.8 Å². The molecule has 2 rings (SSSR count). The van der Waals surface area contributed by atoms with Crippen LogP contribution < -0.4 is 4.74 Å². The van der Waals surface area contributed by atoms with Gasteiger partial charge in [-0.3, -0.25) is 0 Å². The molecule has 0 radical (unpaired) electrons. The lowest BCUT2D eigenvalue weighted by molar-refractivity contribution is 0.344. The molecule has 0 saturated carbocycles. The van der Waals surface area contributed by atoms with Gasteiger partial charge in [0.05, 0.1) is 6.61 Å². The number of hydrogen-bond donors (Lipinski definition) is 0. The number of allylic oxidation sites excluding steroid dienone is 1. The van der Waals surface area contributed by atoms with Crippen molar-refractivity contribution in [3.63, 3.8) is 0 Å². The van der Waals surface area contributed by atoms with E-state index < -0.39 is 0 Å². The van der Waals surface area contributed by atoms with Crippen LogP contribution in [0, 0.1) is 0 Å².